The molecule has 106 valence electrons. The molecule has 2 N–H and O–H groups in total. The van der Waals surface area contributed by atoms with Crippen LogP contribution in [0.3, 0.4) is 0 Å². The lowest BCUT2D eigenvalue weighted by atomic mass is 10.2. The van der Waals surface area contributed by atoms with Gasteiger partial charge in [0.1, 0.15) is 0 Å². The minimum Gasteiger partial charge on any atom is -0.328 e. The van der Waals surface area contributed by atoms with E-state index in [0.717, 1.165) is 12.3 Å². The van der Waals surface area contributed by atoms with Crippen LogP contribution in [0.15, 0.2) is 28.0 Å². The Kier molecular flexibility index (Phi) is 3.79. The third-order valence-electron chi connectivity index (χ3n) is 3.03. The Morgan fingerprint density at radius 1 is 1.37 bits per heavy atom. The number of aromatic nitrogens is 1. The van der Waals surface area contributed by atoms with Crippen molar-refractivity contribution in [2.24, 2.45) is 0 Å². The summed E-state index contributed by atoms with van der Waals surface area (Å²) >= 11 is 0. The van der Waals surface area contributed by atoms with Crippen molar-refractivity contribution < 1.29 is 16.8 Å². The van der Waals surface area contributed by atoms with Crippen molar-refractivity contribution in [3.05, 3.63) is 28.7 Å². The van der Waals surface area contributed by atoms with E-state index in [4.69, 9.17) is 0 Å². The van der Waals surface area contributed by atoms with Crippen LogP contribution in [-0.4, -0.2) is 39.4 Å². The smallest absolute Gasteiger partial charge is 0.247 e. The summed E-state index contributed by atoms with van der Waals surface area (Å²) in [6, 6.07) is 2.27. The topological polar surface area (TPSA) is 113 Å². The molecule has 1 atom stereocenters. The van der Waals surface area contributed by atoms with Crippen LogP contribution >= 0.6 is 0 Å². The number of rotatable bonds is 4. The molecule has 0 bridgehead atoms. The summed E-state index contributed by atoms with van der Waals surface area (Å²) in [5, 5.41) is -0.662. The summed E-state index contributed by atoms with van der Waals surface area (Å²) in [5.41, 5.74) is -0.405. The summed E-state index contributed by atoms with van der Waals surface area (Å²) in [6.45, 7) is -0.135. The average Bonchev–Trinajstić information content (AvgIpc) is 2.66. The van der Waals surface area contributed by atoms with Gasteiger partial charge in [-0.25, -0.2) is 21.6 Å². The fourth-order valence-corrected chi connectivity index (χ4v) is 4.86. The number of sulfonamides is 1. The van der Waals surface area contributed by atoms with Crippen molar-refractivity contribution in [1.82, 2.24) is 9.71 Å². The summed E-state index contributed by atoms with van der Waals surface area (Å²) in [4.78, 5) is 13.0. The molecule has 1 aliphatic rings. The van der Waals surface area contributed by atoms with E-state index >= 15 is 0 Å². The second-order valence-electron chi connectivity index (χ2n) is 4.37. The van der Waals surface area contributed by atoms with Crippen LogP contribution in [0.1, 0.15) is 12.8 Å². The van der Waals surface area contributed by atoms with Gasteiger partial charge in [-0.15, -0.1) is 0 Å². The van der Waals surface area contributed by atoms with E-state index in [1.165, 1.54) is 6.07 Å². The molecule has 2 rings (SSSR count). The largest absolute Gasteiger partial charge is 0.328 e. The van der Waals surface area contributed by atoms with Gasteiger partial charge in [0.25, 0.3) is 0 Å². The molecule has 0 radical (unpaired) electrons. The molecule has 1 unspecified atom stereocenters. The van der Waals surface area contributed by atoms with Gasteiger partial charge in [-0.05, 0) is 18.9 Å². The van der Waals surface area contributed by atoms with Gasteiger partial charge in [0.2, 0.25) is 15.6 Å². The number of sulfone groups is 1. The summed E-state index contributed by atoms with van der Waals surface area (Å²) in [5.74, 6) is 0.109. The summed E-state index contributed by atoms with van der Waals surface area (Å²) in [6.07, 6.45) is 2.11. The van der Waals surface area contributed by atoms with Crippen LogP contribution < -0.4 is 10.3 Å². The van der Waals surface area contributed by atoms with E-state index in [-0.39, 0.29) is 17.2 Å². The molecule has 7 nitrogen and oxygen atoms in total. The van der Waals surface area contributed by atoms with Crippen molar-refractivity contribution in [1.29, 1.82) is 0 Å². The number of hydrogen-bond donors (Lipinski definition) is 2. The first kappa shape index (κ1) is 14.2. The molecule has 0 saturated carbocycles. The molecule has 19 heavy (non-hydrogen) atoms. The SMILES string of the molecule is O=c1ccc(S(=O)(=O)NCC2CCCS2(=O)=O)c[nH]1. The predicted molar refractivity (Wildman–Crippen MR) is 69.1 cm³/mol. The Morgan fingerprint density at radius 3 is 2.63 bits per heavy atom. The zero-order valence-electron chi connectivity index (χ0n) is 10.00. The number of hydrogen-bond acceptors (Lipinski definition) is 5. The van der Waals surface area contributed by atoms with E-state index in [2.05, 4.69) is 9.71 Å². The lowest BCUT2D eigenvalue weighted by Crippen LogP contribution is -2.34. The summed E-state index contributed by atoms with van der Waals surface area (Å²) < 4.78 is 49.2. The van der Waals surface area contributed by atoms with Gasteiger partial charge in [-0.3, -0.25) is 4.79 Å². The molecule has 1 aromatic rings. The number of nitrogens with one attached hydrogen (secondary N) is 2. The first-order valence-corrected chi connectivity index (χ1v) is 8.91. The molecule has 9 heteroatoms. The van der Waals surface area contributed by atoms with E-state index in [1.54, 1.807) is 0 Å². The highest BCUT2D eigenvalue weighted by atomic mass is 32.2. The lowest BCUT2D eigenvalue weighted by Gasteiger charge is -2.11. The molecule has 1 aromatic heterocycles. The summed E-state index contributed by atoms with van der Waals surface area (Å²) in [7, 11) is -6.98. The molecule has 0 spiro atoms. The zero-order chi connectivity index (χ0) is 14.1. The van der Waals surface area contributed by atoms with E-state index in [0.29, 0.717) is 12.8 Å². The second kappa shape index (κ2) is 5.06. The Hall–Kier alpha value is -1.19. The monoisotopic (exact) mass is 306 g/mol. The van der Waals surface area contributed by atoms with Crippen LogP contribution in [0.5, 0.6) is 0 Å². The van der Waals surface area contributed by atoms with Gasteiger partial charge in [-0.2, -0.15) is 0 Å². The molecule has 2 heterocycles. The quantitative estimate of drug-likeness (QED) is 0.758. The molecular formula is C10H14N2O5S2. The van der Waals surface area contributed by atoms with Crippen LogP contribution in [0.25, 0.3) is 0 Å². The Bertz CT molecular complexity index is 700. The van der Waals surface area contributed by atoms with Crippen LogP contribution in [0, 0.1) is 0 Å². The average molecular weight is 306 g/mol. The third-order valence-corrected chi connectivity index (χ3v) is 6.73. The van der Waals surface area contributed by atoms with E-state index in [9.17, 15) is 21.6 Å². The molecule has 1 fully saturated rings. The van der Waals surface area contributed by atoms with E-state index in [1.807, 2.05) is 0 Å². The van der Waals surface area contributed by atoms with Crippen LogP contribution in [-0.2, 0) is 19.9 Å². The van der Waals surface area contributed by atoms with E-state index < -0.39 is 30.7 Å². The molecular weight excluding hydrogens is 292 g/mol. The van der Waals surface area contributed by atoms with Crippen molar-refractivity contribution >= 4 is 19.9 Å². The maximum absolute atomic E-state index is 11.9. The Balaban J connectivity index is 2.10. The van der Waals surface area contributed by atoms with Crippen LogP contribution in [0.2, 0.25) is 0 Å². The maximum Gasteiger partial charge on any atom is 0.247 e. The van der Waals surface area contributed by atoms with Crippen molar-refractivity contribution in [2.75, 3.05) is 12.3 Å². The molecule has 0 amide bonds. The Morgan fingerprint density at radius 2 is 2.11 bits per heavy atom. The zero-order valence-corrected chi connectivity index (χ0v) is 11.6. The number of pyridine rings is 1. The maximum atomic E-state index is 11.9. The van der Waals surface area contributed by atoms with Gasteiger partial charge in [0.15, 0.2) is 9.84 Å². The lowest BCUT2D eigenvalue weighted by molar-refractivity contribution is 0.570. The molecule has 0 aliphatic carbocycles. The van der Waals surface area contributed by atoms with Gasteiger partial charge in [-0.1, -0.05) is 0 Å². The standard InChI is InChI=1S/C10H14N2O5S2/c13-10-4-3-9(6-11-10)19(16,17)12-7-8-2-1-5-18(8,14)15/h3-4,6,8,12H,1-2,5,7H2,(H,11,13). The highest BCUT2D eigenvalue weighted by molar-refractivity contribution is 7.92. The predicted octanol–water partition coefficient (Wildman–Crippen LogP) is -0.770. The van der Waals surface area contributed by atoms with Crippen LogP contribution in [0.4, 0.5) is 0 Å². The first-order valence-electron chi connectivity index (χ1n) is 5.71. The van der Waals surface area contributed by atoms with Gasteiger partial charge >= 0.3 is 0 Å². The third kappa shape index (κ3) is 3.23. The van der Waals surface area contributed by atoms with Gasteiger partial charge < -0.3 is 4.98 Å². The highest BCUT2D eigenvalue weighted by Gasteiger charge is 2.32. The fourth-order valence-electron chi connectivity index (χ4n) is 1.94. The number of aromatic amines is 1. The van der Waals surface area contributed by atoms with Crippen molar-refractivity contribution in [3.8, 4) is 0 Å². The molecule has 0 aromatic carbocycles. The molecule has 1 aliphatic heterocycles. The van der Waals surface area contributed by atoms with Crippen molar-refractivity contribution in [3.63, 3.8) is 0 Å². The number of H-pyrrole nitrogens is 1. The highest BCUT2D eigenvalue weighted by Crippen LogP contribution is 2.19. The minimum atomic E-state index is -3.80. The van der Waals surface area contributed by atoms with Crippen molar-refractivity contribution in [2.45, 2.75) is 23.0 Å². The second-order valence-corrected chi connectivity index (χ2v) is 8.54. The normalized spacial score (nSPS) is 22.4. The van der Waals surface area contributed by atoms with Gasteiger partial charge in [0.05, 0.1) is 15.9 Å². The minimum absolute atomic E-state index is 0.0949. The fraction of sp³-hybridized carbons (Fsp3) is 0.500. The molecule has 1 saturated heterocycles. The first-order chi connectivity index (χ1) is 8.81. The Labute approximate surface area is 111 Å². The van der Waals surface area contributed by atoms with Gasteiger partial charge in [0, 0.05) is 18.8 Å².